The zero-order chi connectivity index (χ0) is 10.1. The highest BCUT2D eigenvalue weighted by Gasteiger charge is 2.04. The zero-order valence-electron chi connectivity index (χ0n) is 8.33. The topological polar surface area (TPSA) is 54.7 Å². The highest BCUT2D eigenvalue weighted by Crippen LogP contribution is 2.24. The Morgan fingerprint density at radius 2 is 2.07 bits per heavy atom. The molecule has 0 bridgehead atoms. The fraction of sp³-hybridized carbons (Fsp3) is 0.182. The number of rotatable bonds is 1. The minimum atomic E-state index is 0.828. The van der Waals surface area contributed by atoms with Crippen molar-refractivity contribution in [2.75, 3.05) is 5.73 Å². The van der Waals surface area contributed by atoms with E-state index in [2.05, 4.69) is 23.0 Å². The quantitative estimate of drug-likeness (QED) is 0.673. The van der Waals surface area contributed by atoms with Crippen LogP contribution in [-0.2, 0) is 0 Å². The van der Waals surface area contributed by atoms with Crippen molar-refractivity contribution in [3.05, 3.63) is 35.8 Å². The molecule has 0 amide bonds. The van der Waals surface area contributed by atoms with E-state index in [1.54, 1.807) is 12.5 Å². The summed E-state index contributed by atoms with van der Waals surface area (Å²) in [7, 11) is 0. The van der Waals surface area contributed by atoms with Crippen LogP contribution in [0.15, 0.2) is 24.7 Å². The summed E-state index contributed by atoms with van der Waals surface area (Å²) in [6.45, 7) is 4.09. The standard InChI is InChI=1S/C11H13N3/c1-7-3-9(4-10(12)8(7)2)11-5-13-6-14-11/h3-6H,12H2,1-2H3,(H,13,14). The monoisotopic (exact) mass is 187 g/mol. The molecule has 1 aromatic heterocycles. The van der Waals surface area contributed by atoms with Gasteiger partial charge < -0.3 is 10.7 Å². The number of nitrogen functional groups attached to an aromatic ring is 1. The highest BCUT2D eigenvalue weighted by molar-refractivity contribution is 5.67. The molecule has 2 rings (SSSR count). The van der Waals surface area contributed by atoms with Gasteiger partial charge in [0.15, 0.2) is 0 Å². The molecule has 0 saturated heterocycles. The van der Waals surface area contributed by atoms with Gasteiger partial charge >= 0.3 is 0 Å². The van der Waals surface area contributed by atoms with Gasteiger partial charge in [-0.2, -0.15) is 0 Å². The molecule has 0 aliphatic heterocycles. The minimum absolute atomic E-state index is 0.828. The van der Waals surface area contributed by atoms with Gasteiger partial charge in [-0.3, -0.25) is 0 Å². The Morgan fingerprint density at radius 1 is 1.29 bits per heavy atom. The van der Waals surface area contributed by atoms with E-state index >= 15 is 0 Å². The van der Waals surface area contributed by atoms with Gasteiger partial charge in [0.25, 0.3) is 0 Å². The molecule has 72 valence electrons. The summed E-state index contributed by atoms with van der Waals surface area (Å²) in [4.78, 5) is 7.04. The minimum Gasteiger partial charge on any atom is -0.398 e. The summed E-state index contributed by atoms with van der Waals surface area (Å²) in [5.74, 6) is 0. The van der Waals surface area contributed by atoms with Crippen LogP contribution in [0.3, 0.4) is 0 Å². The van der Waals surface area contributed by atoms with Crippen LogP contribution in [0, 0.1) is 13.8 Å². The molecule has 0 aliphatic rings. The summed E-state index contributed by atoms with van der Waals surface area (Å²) in [6, 6.07) is 4.08. The van der Waals surface area contributed by atoms with Crippen LogP contribution in [0.5, 0.6) is 0 Å². The highest BCUT2D eigenvalue weighted by atomic mass is 14.9. The number of H-pyrrole nitrogens is 1. The van der Waals surface area contributed by atoms with Crippen molar-refractivity contribution in [1.82, 2.24) is 9.97 Å². The summed E-state index contributed by atoms with van der Waals surface area (Å²) in [6.07, 6.45) is 3.46. The Labute approximate surface area is 83.0 Å². The maximum atomic E-state index is 5.89. The molecular formula is C11H13N3. The van der Waals surface area contributed by atoms with Crippen LogP contribution < -0.4 is 5.73 Å². The van der Waals surface area contributed by atoms with E-state index in [4.69, 9.17) is 5.73 Å². The second-order valence-electron chi connectivity index (χ2n) is 3.47. The van der Waals surface area contributed by atoms with Gasteiger partial charge in [0.2, 0.25) is 0 Å². The number of nitrogens with two attached hydrogens (primary N) is 1. The van der Waals surface area contributed by atoms with Crippen LogP contribution in [0.25, 0.3) is 11.3 Å². The SMILES string of the molecule is Cc1cc(-c2cnc[nH]2)cc(N)c1C. The lowest BCUT2D eigenvalue weighted by Crippen LogP contribution is -1.93. The Hall–Kier alpha value is -1.77. The molecule has 14 heavy (non-hydrogen) atoms. The molecule has 3 heteroatoms. The fourth-order valence-corrected chi connectivity index (χ4v) is 1.46. The normalized spacial score (nSPS) is 10.4. The number of nitrogens with one attached hydrogen (secondary N) is 1. The number of aromatic amines is 1. The van der Waals surface area contributed by atoms with Gasteiger partial charge in [-0.1, -0.05) is 0 Å². The molecule has 0 saturated carbocycles. The summed E-state index contributed by atoms with van der Waals surface area (Å²) >= 11 is 0. The number of imidazole rings is 1. The molecule has 3 N–H and O–H groups in total. The Bertz CT molecular complexity index is 421. The van der Waals surface area contributed by atoms with Crippen LogP contribution in [0.4, 0.5) is 5.69 Å². The number of benzene rings is 1. The van der Waals surface area contributed by atoms with Gasteiger partial charge in [0.05, 0.1) is 18.2 Å². The van der Waals surface area contributed by atoms with Crippen LogP contribution in [0.2, 0.25) is 0 Å². The van der Waals surface area contributed by atoms with Crippen LogP contribution in [0.1, 0.15) is 11.1 Å². The summed E-state index contributed by atoms with van der Waals surface area (Å²) < 4.78 is 0. The maximum Gasteiger partial charge on any atom is 0.0924 e. The third kappa shape index (κ3) is 1.37. The third-order valence-electron chi connectivity index (χ3n) is 2.52. The number of nitrogens with zero attached hydrogens (tertiary/aromatic N) is 1. The first-order valence-corrected chi connectivity index (χ1v) is 4.54. The molecule has 2 aromatic rings. The molecule has 0 aliphatic carbocycles. The van der Waals surface area contributed by atoms with E-state index in [1.165, 1.54) is 5.56 Å². The van der Waals surface area contributed by atoms with Crippen molar-refractivity contribution in [2.45, 2.75) is 13.8 Å². The molecule has 0 radical (unpaired) electrons. The molecule has 0 fully saturated rings. The van der Waals surface area contributed by atoms with Gasteiger partial charge in [-0.05, 0) is 37.1 Å². The molecule has 0 atom stereocenters. The molecule has 0 unspecified atom stereocenters. The fourth-order valence-electron chi connectivity index (χ4n) is 1.46. The van der Waals surface area contributed by atoms with Crippen LogP contribution >= 0.6 is 0 Å². The zero-order valence-corrected chi connectivity index (χ0v) is 8.33. The predicted molar refractivity (Wildman–Crippen MR) is 57.9 cm³/mol. The van der Waals surface area contributed by atoms with E-state index in [-0.39, 0.29) is 0 Å². The Balaban J connectivity index is 2.57. The molecule has 0 spiro atoms. The smallest absolute Gasteiger partial charge is 0.0924 e. The average molecular weight is 187 g/mol. The maximum absolute atomic E-state index is 5.89. The summed E-state index contributed by atoms with van der Waals surface area (Å²) in [5.41, 5.74) is 11.2. The first kappa shape index (κ1) is 8.81. The van der Waals surface area contributed by atoms with E-state index < -0.39 is 0 Å². The van der Waals surface area contributed by atoms with Crippen molar-refractivity contribution in [1.29, 1.82) is 0 Å². The predicted octanol–water partition coefficient (Wildman–Crippen LogP) is 2.28. The van der Waals surface area contributed by atoms with Crippen molar-refractivity contribution in [3.8, 4) is 11.3 Å². The summed E-state index contributed by atoms with van der Waals surface area (Å²) in [5, 5.41) is 0. The number of aromatic nitrogens is 2. The second-order valence-corrected chi connectivity index (χ2v) is 3.47. The number of anilines is 1. The molecule has 1 aromatic carbocycles. The van der Waals surface area contributed by atoms with E-state index in [0.717, 1.165) is 22.5 Å². The molecular weight excluding hydrogens is 174 g/mol. The Kier molecular flexibility index (Phi) is 2.00. The van der Waals surface area contributed by atoms with Crippen LogP contribution in [-0.4, -0.2) is 9.97 Å². The van der Waals surface area contributed by atoms with Crippen molar-refractivity contribution < 1.29 is 0 Å². The molecule has 1 heterocycles. The second kappa shape index (κ2) is 3.18. The van der Waals surface area contributed by atoms with Gasteiger partial charge in [-0.25, -0.2) is 4.98 Å². The van der Waals surface area contributed by atoms with E-state index in [9.17, 15) is 0 Å². The van der Waals surface area contributed by atoms with Crippen molar-refractivity contribution in [2.24, 2.45) is 0 Å². The largest absolute Gasteiger partial charge is 0.398 e. The lowest BCUT2D eigenvalue weighted by atomic mass is 10.0. The van der Waals surface area contributed by atoms with Crippen molar-refractivity contribution in [3.63, 3.8) is 0 Å². The average Bonchev–Trinajstić information content (AvgIpc) is 2.66. The molecule has 3 nitrogen and oxygen atoms in total. The lowest BCUT2D eigenvalue weighted by Gasteiger charge is -2.07. The first-order chi connectivity index (χ1) is 6.68. The van der Waals surface area contributed by atoms with E-state index in [1.807, 2.05) is 13.0 Å². The van der Waals surface area contributed by atoms with Crippen molar-refractivity contribution >= 4 is 5.69 Å². The Morgan fingerprint density at radius 3 is 2.64 bits per heavy atom. The van der Waals surface area contributed by atoms with Gasteiger partial charge in [0, 0.05) is 11.3 Å². The van der Waals surface area contributed by atoms with Gasteiger partial charge in [-0.15, -0.1) is 0 Å². The lowest BCUT2D eigenvalue weighted by molar-refractivity contribution is 1.30. The number of aryl methyl sites for hydroxylation is 1. The third-order valence-corrected chi connectivity index (χ3v) is 2.52. The number of hydrogen-bond acceptors (Lipinski definition) is 2. The first-order valence-electron chi connectivity index (χ1n) is 4.54. The number of hydrogen-bond donors (Lipinski definition) is 2. The van der Waals surface area contributed by atoms with Gasteiger partial charge in [0.1, 0.15) is 0 Å². The van der Waals surface area contributed by atoms with E-state index in [0.29, 0.717) is 0 Å².